The average Bonchev–Trinajstić information content (AvgIpc) is 2.64. The minimum absolute atomic E-state index is 0.202. The topological polar surface area (TPSA) is 29.9 Å². The molecule has 0 saturated heterocycles. The van der Waals surface area contributed by atoms with E-state index in [4.69, 9.17) is 11.6 Å². The van der Waals surface area contributed by atoms with Crippen LogP contribution in [0.1, 0.15) is 38.6 Å². The lowest BCUT2D eigenvalue weighted by atomic mass is 9.67. The number of rotatable bonds is 4. The van der Waals surface area contributed by atoms with E-state index in [0.29, 0.717) is 11.4 Å². The van der Waals surface area contributed by atoms with Crippen LogP contribution < -0.4 is 5.32 Å². The van der Waals surface area contributed by atoms with Crippen LogP contribution in [0, 0.1) is 12.3 Å². The molecule has 1 aromatic heterocycles. The summed E-state index contributed by atoms with van der Waals surface area (Å²) in [5.41, 5.74) is 2.55. The third-order valence-electron chi connectivity index (χ3n) is 3.96. The molecule has 1 aliphatic carbocycles. The Morgan fingerprint density at radius 3 is 2.82 bits per heavy atom. The Bertz CT molecular complexity index is 397. The van der Waals surface area contributed by atoms with Crippen LogP contribution in [0.5, 0.6) is 0 Å². The van der Waals surface area contributed by atoms with Gasteiger partial charge in [-0.15, -0.1) is 11.6 Å². The van der Waals surface area contributed by atoms with Crippen molar-refractivity contribution < 1.29 is 0 Å². The van der Waals surface area contributed by atoms with E-state index in [-0.39, 0.29) is 5.41 Å². The molecule has 0 spiro atoms. The SMILES string of the molecule is CCn1nc(C)cc1CNC1CC(Cl)C1(C)C. The fraction of sp³-hybridized carbons (Fsp3) is 0.769. The molecule has 1 aromatic rings. The number of alkyl halides is 1. The third kappa shape index (κ3) is 2.36. The molecular formula is C13H22ClN3. The number of aromatic nitrogens is 2. The molecule has 2 rings (SSSR count). The van der Waals surface area contributed by atoms with Crippen LogP contribution >= 0.6 is 11.6 Å². The van der Waals surface area contributed by atoms with E-state index in [2.05, 4.69) is 41.9 Å². The Morgan fingerprint density at radius 2 is 2.29 bits per heavy atom. The van der Waals surface area contributed by atoms with Crippen molar-refractivity contribution in [2.45, 2.75) is 58.6 Å². The molecule has 17 heavy (non-hydrogen) atoms. The van der Waals surface area contributed by atoms with Gasteiger partial charge in [-0.1, -0.05) is 13.8 Å². The Balaban J connectivity index is 1.94. The van der Waals surface area contributed by atoms with E-state index in [9.17, 15) is 0 Å². The lowest BCUT2D eigenvalue weighted by Gasteiger charge is -2.49. The van der Waals surface area contributed by atoms with Gasteiger partial charge in [0.2, 0.25) is 0 Å². The first-order valence-electron chi connectivity index (χ1n) is 6.36. The van der Waals surface area contributed by atoms with Gasteiger partial charge in [-0.3, -0.25) is 4.68 Å². The minimum Gasteiger partial charge on any atom is -0.308 e. The highest BCUT2D eigenvalue weighted by Gasteiger charge is 2.46. The summed E-state index contributed by atoms with van der Waals surface area (Å²) in [6.45, 7) is 10.4. The van der Waals surface area contributed by atoms with Crippen molar-refractivity contribution in [1.29, 1.82) is 0 Å². The molecule has 2 unspecified atom stereocenters. The highest BCUT2D eigenvalue weighted by atomic mass is 35.5. The molecule has 1 heterocycles. The van der Waals surface area contributed by atoms with Gasteiger partial charge in [-0.05, 0) is 31.7 Å². The summed E-state index contributed by atoms with van der Waals surface area (Å²) in [7, 11) is 0. The van der Waals surface area contributed by atoms with Crippen LogP contribution in [-0.2, 0) is 13.1 Å². The summed E-state index contributed by atoms with van der Waals surface area (Å²) >= 11 is 6.22. The first kappa shape index (κ1) is 12.9. The molecule has 0 amide bonds. The Hall–Kier alpha value is -0.540. The summed E-state index contributed by atoms with van der Waals surface area (Å²) in [6, 6.07) is 2.67. The third-order valence-corrected chi connectivity index (χ3v) is 4.70. The molecular weight excluding hydrogens is 234 g/mol. The van der Waals surface area contributed by atoms with E-state index in [1.807, 2.05) is 6.92 Å². The van der Waals surface area contributed by atoms with Gasteiger partial charge in [-0.2, -0.15) is 5.10 Å². The number of halogens is 1. The molecule has 96 valence electrons. The maximum Gasteiger partial charge on any atom is 0.0597 e. The second kappa shape index (κ2) is 4.62. The quantitative estimate of drug-likeness (QED) is 0.839. The lowest BCUT2D eigenvalue weighted by Crippen LogP contribution is -2.57. The molecule has 1 N–H and O–H groups in total. The van der Waals surface area contributed by atoms with E-state index in [0.717, 1.165) is 25.2 Å². The number of hydrogen-bond donors (Lipinski definition) is 1. The van der Waals surface area contributed by atoms with E-state index in [1.165, 1.54) is 5.69 Å². The molecule has 4 heteroatoms. The maximum absolute atomic E-state index is 6.22. The zero-order valence-electron chi connectivity index (χ0n) is 11.1. The molecule has 1 aliphatic rings. The number of nitrogens with one attached hydrogen (secondary N) is 1. The normalized spacial score (nSPS) is 26.9. The predicted molar refractivity (Wildman–Crippen MR) is 71.3 cm³/mol. The van der Waals surface area contributed by atoms with Crippen molar-refractivity contribution in [2.75, 3.05) is 0 Å². The molecule has 2 atom stereocenters. The van der Waals surface area contributed by atoms with Gasteiger partial charge in [0, 0.05) is 24.5 Å². The zero-order chi connectivity index (χ0) is 12.6. The minimum atomic E-state index is 0.202. The highest BCUT2D eigenvalue weighted by Crippen LogP contribution is 2.44. The van der Waals surface area contributed by atoms with Crippen molar-refractivity contribution in [1.82, 2.24) is 15.1 Å². The van der Waals surface area contributed by atoms with Crippen molar-refractivity contribution in [2.24, 2.45) is 5.41 Å². The van der Waals surface area contributed by atoms with Crippen LogP contribution in [0.3, 0.4) is 0 Å². The standard InChI is InChI=1S/C13H22ClN3/c1-5-17-10(6-9(2)16-17)8-15-12-7-11(14)13(12,3)4/h6,11-12,15H,5,7-8H2,1-4H3. The monoisotopic (exact) mass is 255 g/mol. The number of hydrogen-bond acceptors (Lipinski definition) is 2. The van der Waals surface area contributed by atoms with Crippen molar-refractivity contribution in [3.63, 3.8) is 0 Å². The maximum atomic E-state index is 6.22. The fourth-order valence-corrected chi connectivity index (χ4v) is 2.79. The summed E-state index contributed by atoms with van der Waals surface area (Å²) in [4.78, 5) is 0. The van der Waals surface area contributed by atoms with Crippen LogP contribution in [0.15, 0.2) is 6.07 Å². The highest BCUT2D eigenvalue weighted by molar-refractivity contribution is 6.21. The summed E-state index contributed by atoms with van der Waals surface area (Å²) in [6.07, 6.45) is 1.06. The van der Waals surface area contributed by atoms with E-state index >= 15 is 0 Å². The van der Waals surface area contributed by atoms with Gasteiger partial charge in [0.25, 0.3) is 0 Å². The van der Waals surface area contributed by atoms with Crippen molar-refractivity contribution in [3.05, 3.63) is 17.5 Å². The van der Waals surface area contributed by atoms with E-state index in [1.54, 1.807) is 0 Å². The van der Waals surface area contributed by atoms with Gasteiger partial charge in [0.15, 0.2) is 0 Å². The molecule has 3 nitrogen and oxygen atoms in total. The Morgan fingerprint density at radius 1 is 1.59 bits per heavy atom. The van der Waals surface area contributed by atoms with Crippen molar-refractivity contribution >= 4 is 11.6 Å². The number of aryl methyl sites for hydroxylation is 2. The average molecular weight is 256 g/mol. The van der Waals surface area contributed by atoms with Gasteiger partial charge < -0.3 is 5.32 Å². The largest absolute Gasteiger partial charge is 0.308 e. The molecule has 0 radical (unpaired) electrons. The van der Waals surface area contributed by atoms with Crippen LogP contribution in [0.25, 0.3) is 0 Å². The van der Waals surface area contributed by atoms with Gasteiger partial charge >= 0.3 is 0 Å². The number of nitrogens with zero attached hydrogens (tertiary/aromatic N) is 2. The summed E-state index contributed by atoms with van der Waals surface area (Å²) < 4.78 is 2.06. The van der Waals surface area contributed by atoms with Crippen LogP contribution in [0.4, 0.5) is 0 Å². The van der Waals surface area contributed by atoms with E-state index < -0.39 is 0 Å². The Kier molecular flexibility index (Phi) is 3.50. The van der Waals surface area contributed by atoms with Gasteiger partial charge in [0.1, 0.15) is 0 Å². The van der Waals surface area contributed by atoms with Crippen LogP contribution in [-0.4, -0.2) is 21.2 Å². The molecule has 1 fully saturated rings. The molecule has 0 aromatic carbocycles. The second-order valence-electron chi connectivity index (χ2n) is 5.55. The molecule has 0 bridgehead atoms. The van der Waals surface area contributed by atoms with Crippen molar-refractivity contribution in [3.8, 4) is 0 Å². The van der Waals surface area contributed by atoms with Gasteiger partial charge in [0.05, 0.1) is 11.4 Å². The van der Waals surface area contributed by atoms with Crippen LogP contribution in [0.2, 0.25) is 0 Å². The second-order valence-corrected chi connectivity index (χ2v) is 6.08. The lowest BCUT2D eigenvalue weighted by molar-refractivity contribution is 0.115. The smallest absolute Gasteiger partial charge is 0.0597 e. The molecule has 0 aliphatic heterocycles. The predicted octanol–water partition coefficient (Wildman–Crippen LogP) is 2.71. The summed E-state index contributed by atoms with van der Waals surface area (Å²) in [5.74, 6) is 0. The van der Waals surface area contributed by atoms with Gasteiger partial charge in [-0.25, -0.2) is 0 Å². The first-order chi connectivity index (χ1) is 7.95. The molecule has 1 saturated carbocycles. The zero-order valence-corrected chi connectivity index (χ0v) is 11.9. The fourth-order valence-electron chi connectivity index (χ4n) is 2.46. The first-order valence-corrected chi connectivity index (χ1v) is 6.79. The summed E-state index contributed by atoms with van der Waals surface area (Å²) in [5, 5.41) is 8.36. The Labute approximate surface area is 109 Å².